The molecule has 0 aromatic carbocycles. The van der Waals surface area contributed by atoms with Gasteiger partial charge in [-0.2, -0.15) is 0 Å². The third-order valence-electron chi connectivity index (χ3n) is 4.48. The number of rotatable bonds is 5. The van der Waals surface area contributed by atoms with Crippen LogP contribution in [0.3, 0.4) is 0 Å². The fraction of sp³-hybridized carbons (Fsp3) is 0.529. The van der Waals surface area contributed by atoms with Crippen molar-refractivity contribution in [3.63, 3.8) is 0 Å². The number of carbonyl (C=O) groups is 1. The lowest BCUT2D eigenvalue weighted by Crippen LogP contribution is -2.55. The molecule has 1 aliphatic heterocycles. The van der Waals surface area contributed by atoms with Gasteiger partial charge in [0.2, 0.25) is 5.91 Å². The zero-order chi connectivity index (χ0) is 17.2. The maximum absolute atomic E-state index is 12.3. The van der Waals surface area contributed by atoms with E-state index in [0.29, 0.717) is 11.2 Å². The van der Waals surface area contributed by atoms with E-state index < -0.39 is 0 Å². The van der Waals surface area contributed by atoms with Crippen LogP contribution in [0.4, 0.5) is 0 Å². The van der Waals surface area contributed by atoms with Gasteiger partial charge in [0.25, 0.3) is 0 Å². The van der Waals surface area contributed by atoms with E-state index in [2.05, 4.69) is 24.1 Å². The second-order valence-corrected chi connectivity index (χ2v) is 7.55. The summed E-state index contributed by atoms with van der Waals surface area (Å²) in [4.78, 5) is 26.5. The van der Waals surface area contributed by atoms with Gasteiger partial charge >= 0.3 is 0 Å². The summed E-state index contributed by atoms with van der Waals surface area (Å²) in [6, 6.07) is 3.40. The highest BCUT2D eigenvalue weighted by Gasteiger charge is 2.28. The summed E-state index contributed by atoms with van der Waals surface area (Å²) in [6.45, 7) is 8.32. The van der Waals surface area contributed by atoms with Crippen LogP contribution < -0.4 is 10.7 Å². The van der Waals surface area contributed by atoms with Crippen molar-refractivity contribution < 1.29 is 9.53 Å². The minimum Gasteiger partial charge on any atom is -0.379 e. The van der Waals surface area contributed by atoms with E-state index in [4.69, 9.17) is 4.74 Å². The summed E-state index contributed by atoms with van der Waals surface area (Å²) in [5.41, 5.74) is 0.709. The highest BCUT2D eigenvalue weighted by molar-refractivity contribution is 7.17. The number of amides is 1. The number of thiophene rings is 1. The Bertz CT molecular complexity index is 775. The molecule has 0 unspecified atom stereocenters. The molecule has 1 N–H and O–H groups in total. The topological polar surface area (TPSA) is 63.6 Å². The van der Waals surface area contributed by atoms with Crippen LogP contribution in [0.2, 0.25) is 0 Å². The number of aromatic nitrogens is 1. The molecule has 0 radical (unpaired) electrons. The predicted octanol–water partition coefficient (Wildman–Crippen LogP) is 1.29. The van der Waals surface area contributed by atoms with Gasteiger partial charge in [-0.15, -0.1) is 11.3 Å². The SMILES string of the molecule is CC(C)(CNC(=O)Cn1ccc(=O)c2sccc21)N1CCOCC1. The van der Waals surface area contributed by atoms with Crippen LogP contribution in [0.5, 0.6) is 0 Å². The number of nitrogens with zero attached hydrogens (tertiary/aromatic N) is 2. The average molecular weight is 349 g/mol. The number of carbonyl (C=O) groups excluding carboxylic acids is 1. The van der Waals surface area contributed by atoms with Gasteiger partial charge in [0, 0.05) is 37.4 Å². The third kappa shape index (κ3) is 3.68. The largest absolute Gasteiger partial charge is 0.379 e. The van der Waals surface area contributed by atoms with Gasteiger partial charge in [-0.05, 0) is 25.3 Å². The van der Waals surface area contributed by atoms with E-state index in [9.17, 15) is 9.59 Å². The number of hydrogen-bond acceptors (Lipinski definition) is 5. The zero-order valence-electron chi connectivity index (χ0n) is 14.1. The summed E-state index contributed by atoms with van der Waals surface area (Å²) in [5, 5.41) is 4.90. The lowest BCUT2D eigenvalue weighted by atomic mass is 10.0. The molecule has 2 aromatic heterocycles. The lowest BCUT2D eigenvalue weighted by Gasteiger charge is -2.40. The number of hydrogen-bond donors (Lipinski definition) is 1. The first-order valence-corrected chi connectivity index (χ1v) is 9.01. The second-order valence-electron chi connectivity index (χ2n) is 6.63. The average Bonchev–Trinajstić information content (AvgIpc) is 3.07. The third-order valence-corrected chi connectivity index (χ3v) is 5.40. The van der Waals surface area contributed by atoms with Gasteiger partial charge in [-0.3, -0.25) is 14.5 Å². The van der Waals surface area contributed by atoms with Crippen molar-refractivity contribution >= 4 is 27.5 Å². The normalized spacial score (nSPS) is 16.4. The van der Waals surface area contributed by atoms with Crippen LogP contribution in [-0.2, 0) is 16.1 Å². The molecule has 0 saturated carbocycles. The van der Waals surface area contributed by atoms with Crippen molar-refractivity contribution in [1.29, 1.82) is 0 Å². The highest BCUT2D eigenvalue weighted by atomic mass is 32.1. The van der Waals surface area contributed by atoms with Crippen molar-refractivity contribution in [2.45, 2.75) is 25.9 Å². The Morgan fingerprint density at radius 3 is 2.83 bits per heavy atom. The Balaban J connectivity index is 1.62. The summed E-state index contributed by atoms with van der Waals surface area (Å²) in [5.74, 6) is -0.0486. The van der Waals surface area contributed by atoms with Gasteiger partial charge in [-0.1, -0.05) is 0 Å². The monoisotopic (exact) mass is 349 g/mol. The van der Waals surface area contributed by atoms with E-state index in [-0.39, 0.29) is 23.4 Å². The van der Waals surface area contributed by atoms with Gasteiger partial charge < -0.3 is 14.6 Å². The van der Waals surface area contributed by atoms with E-state index in [1.54, 1.807) is 6.20 Å². The summed E-state index contributed by atoms with van der Waals surface area (Å²) >= 11 is 1.41. The van der Waals surface area contributed by atoms with Crippen molar-refractivity contribution in [1.82, 2.24) is 14.8 Å². The molecule has 130 valence electrons. The highest BCUT2D eigenvalue weighted by Crippen LogP contribution is 2.17. The first-order chi connectivity index (χ1) is 11.5. The van der Waals surface area contributed by atoms with Crippen LogP contribution >= 0.6 is 11.3 Å². The van der Waals surface area contributed by atoms with Crippen LogP contribution in [0.25, 0.3) is 10.2 Å². The summed E-state index contributed by atoms with van der Waals surface area (Å²) < 4.78 is 7.90. The molecule has 2 aromatic rings. The molecule has 1 aliphatic rings. The minimum atomic E-state index is -0.110. The number of pyridine rings is 1. The number of ether oxygens (including phenoxy) is 1. The van der Waals surface area contributed by atoms with Crippen molar-refractivity contribution in [2.24, 2.45) is 0 Å². The molecule has 0 bridgehead atoms. The zero-order valence-corrected chi connectivity index (χ0v) is 14.9. The maximum Gasteiger partial charge on any atom is 0.240 e. The van der Waals surface area contributed by atoms with Crippen molar-refractivity contribution in [3.8, 4) is 0 Å². The van der Waals surface area contributed by atoms with E-state index >= 15 is 0 Å². The van der Waals surface area contributed by atoms with Gasteiger partial charge in [-0.25, -0.2) is 0 Å². The van der Waals surface area contributed by atoms with E-state index in [0.717, 1.165) is 31.8 Å². The smallest absolute Gasteiger partial charge is 0.240 e. The number of morpholine rings is 1. The molecular weight excluding hydrogens is 326 g/mol. The molecule has 1 fully saturated rings. The Hall–Kier alpha value is -1.70. The molecular formula is C17H23N3O3S. The maximum atomic E-state index is 12.3. The van der Waals surface area contributed by atoms with Crippen molar-refractivity contribution in [3.05, 3.63) is 33.9 Å². The Morgan fingerprint density at radius 2 is 2.08 bits per heavy atom. The molecule has 7 heteroatoms. The second kappa shape index (κ2) is 7.04. The number of nitrogens with one attached hydrogen (secondary N) is 1. The molecule has 3 rings (SSSR count). The summed E-state index contributed by atoms with van der Waals surface area (Å²) in [7, 11) is 0. The molecule has 6 nitrogen and oxygen atoms in total. The molecule has 0 aliphatic carbocycles. The quantitative estimate of drug-likeness (QED) is 0.884. The first-order valence-electron chi connectivity index (χ1n) is 8.13. The standard InChI is InChI=1S/C17H23N3O3S/c1-17(2,20-6-8-23-9-7-20)12-18-15(22)11-19-5-3-14(21)16-13(19)4-10-24-16/h3-5,10H,6-9,11-12H2,1-2H3,(H,18,22). The van der Waals surface area contributed by atoms with Crippen molar-refractivity contribution in [2.75, 3.05) is 32.8 Å². The van der Waals surface area contributed by atoms with Crippen LogP contribution in [0.1, 0.15) is 13.8 Å². The Labute approximate surface area is 145 Å². The molecule has 0 atom stereocenters. The lowest BCUT2D eigenvalue weighted by molar-refractivity contribution is -0.122. The van der Waals surface area contributed by atoms with E-state index in [1.165, 1.54) is 17.4 Å². The van der Waals surface area contributed by atoms with Crippen LogP contribution in [0, 0.1) is 0 Å². The first kappa shape index (κ1) is 17.1. The minimum absolute atomic E-state index is 0.00473. The fourth-order valence-corrected chi connectivity index (χ4v) is 3.79. The number of fused-ring (bicyclic) bond motifs is 1. The van der Waals surface area contributed by atoms with Gasteiger partial charge in [0.05, 0.1) is 23.4 Å². The molecule has 1 amide bonds. The predicted molar refractivity (Wildman–Crippen MR) is 95.6 cm³/mol. The molecule has 0 spiro atoms. The summed E-state index contributed by atoms with van der Waals surface area (Å²) in [6.07, 6.45) is 1.68. The Morgan fingerprint density at radius 1 is 1.33 bits per heavy atom. The van der Waals surface area contributed by atoms with Crippen LogP contribution in [0.15, 0.2) is 28.5 Å². The Kier molecular flexibility index (Phi) is 5.03. The van der Waals surface area contributed by atoms with Crippen LogP contribution in [-0.4, -0.2) is 53.8 Å². The fourth-order valence-electron chi connectivity index (χ4n) is 2.97. The van der Waals surface area contributed by atoms with Gasteiger partial charge in [0.1, 0.15) is 6.54 Å². The molecule has 24 heavy (non-hydrogen) atoms. The van der Waals surface area contributed by atoms with E-state index in [1.807, 2.05) is 16.0 Å². The molecule has 3 heterocycles. The van der Waals surface area contributed by atoms with Gasteiger partial charge in [0.15, 0.2) is 5.43 Å². The molecule has 1 saturated heterocycles.